The molecule has 0 N–H and O–H groups in total. The molecule has 0 unspecified atom stereocenters. The molecule has 96 valence electrons. The predicted octanol–water partition coefficient (Wildman–Crippen LogP) is 3.66. The van der Waals surface area contributed by atoms with Crippen LogP contribution in [0.5, 0.6) is 0 Å². The molecule has 2 heterocycles. The molecule has 0 atom stereocenters. The lowest BCUT2D eigenvalue weighted by Gasteiger charge is -2.04. The molecule has 0 spiro atoms. The number of nitrogens with zero attached hydrogens (tertiary/aromatic N) is 2. The third-order valence-corrected chi connectivity index (χ3v) is 4.12. The number of aryl methyl sites for hydroxylation is 2. The number of carbonyl (C=O) groups excluding carboxylic acids is 1. The summed E-state index contributed by atoms with van der Waals surface area (Å²) in [5, 5.41) is 7.48. The minimum Gasteiger partial charge on any atom is -0.287 e. The van der Waals surface area contributed by atoms with Gasteiger partial charge < -0.3 is 0 Å². The Morgan fingerprint density at radius 3 is 3.00 bits per heavy atom. The number of ketones is 1. The molecule has 0 amide bonds. The molecule has 0 saturated heterocycles. The smallest absolute Gasteiger partial charge is 0.212 e. The zero-order valence-electron chi connectivity index (χ0n) is 10.9. The first-order valence-electron chi connectivity index (χ1n) is 6.26. The van der Waals surface area contributed by atoms with Crippen LogP contribution in [0.3, 0.4) is 0 Å². The largest absolute Gasteiger partial charge is 0.287 e. The van der Waals surface area contributed by atoms with Gasteiger partial charge in [-0.3, -0.25) is 9.48 Å². The maximum absolute atomic E-state index is 12.7. The van der Waals surface area contributed by atoms with Crippen LogP contribution in [0.1, 0.15) is 28.7 Å². The van der Waals surface area contributed by atoms with Crippen molar-refractivity contribution in [1.29, 1.82) is 0 Å². The van der Waals surface area contributed by atoms with E-state index in [2.05, 4.69) is 5.10 Å². The van der Waals surface area contributed by atoms with E-state index in [1.54, 1.807) is 16.0 Å². The molecule has 0 radical (unpaired) electrons. The van der Waals surface area contributed by atoms with Gasteiger partial charge in [-0.2, -0.15) is 5.10 Å². The van der Waals surface area contributed by atoms with Crippen LogP contribution in [-0.4, -0.2) is 15.6 Å². The fourth-order valence-electron chi connectivity index (χ4n) is 2.28. The van der Waals surface area contributed by atoms with Crippen LogP contribution in [-0.2, 0) is 6.54 Å². The molecule has 0 aliphatic carbocycles. The Hall–Kier alpha value is -1.94. The minimum absolute atomic E-state index is 0.0514. The van der Waals surface area contributed by atoms with E-state index in [1.165, 1.54) is 0 Å². The molecular weight excluding hydrogens is 256 g/mol. The molecular formula is C15H14N2OS. The number of hydrogen-bond donors (Lipinski definition) is 0. The van der Waals surface area contributed by atoms with Crippen molar-refractivity contribution in [2.24, 2.45) is 0 Å². The van der Waals surface area contributed by atoms with Gasteiger partial charge in [0.1, 0.15) is 5.69 Å². The predicted molar refractivity (Wildman–Crippen MR) is 77.9 cm³/mol. The molecule has 3 aromatic rings. The number of benzene rings is 1. The van der Waals surface area contributed by atoms with Gasteiger partial charge in [0.05, 0.1) is 5.69 Å². The Morgan fingerprint density at radius 2 is 2.21 bits per heavy atom. The van der Waals surface area contributed by atoms with E-state index in [4.69, 9.17) is 0 Å². The molecule has 3 nitrogen and oxygen atoms in total. The van der Waals surface area contributed by atoms with Crippen LogP contribution >= 0.6 is 11.3 Å². The van der Waals surface area contributed by atoms with Crippen LogP contribution in [0.4, 0.5) is 0 Å². The van der Waals surface area contributed by atoms with E-state index in [1.807, 2.05) is 49.6 Å². The highest BCUT2D eigenvalue weighted by Gasteiger charge is 2.17. The fourth-order valence-corrected chi connectivity index (χ4v) is 3.19. The van der Waals surface area contributed by atoms with Crippen LogP contribution < -0.4 is 0 Å². The van der Waals surface area contributed by atoms with E-state index < -0.39 is 0 Å². The molecule has 0 aliphatic heterocycles. The van der Waals surface area contributed by atoms with Gasteiger partial charge in [-0.25, -0.2) is 0 Å². The van der Waals surface area contributed by atoms with Crippen LogP contribution in [0.25, 0.3) is 10.1 Å². The lowest BCUT2D eigenvalue weighted by Crippen LogP contribution is -2.10. The molecule has 0 fully saturated rings. The van der Waals surface area contributed by atoms with Crippen molar-refractivity contribution in [3.05, 3.63) is 52.7 Å². The van der Waals surface area contributed by atoms with Crippen molar-refractivity contribution in [2.75, 3.05) is 0 Å². The highest BCUT2D eigenvalue weighted by molar-refractivity contribution is 7.17. The summed E-state index contributed by atoms with van der Waals surface area (Å²) in [5.41, 5.74) is 2.31. The highest BCUT2D eigenvalue weighted by atomic mass is 32.1. The van der Waals surface area contributed by atoms with Crippen molar-refractivity contribution in [1.82, 2.24) is 9.78 Å². The number of carbonyl (C=O) groups is 1. The number of rotatable bonds is 3. The van der Waals surface area contributed by atoms with Crippen LogP contribution in [0.15, 0.2) is 35.7 Å². The summed E-state index contributed by atoms with van der Waals surface area (Å²) in [6.45, 7) is 4.61. The highest BCUT2D eigenvalue weighted by Crippen LogP contribution is 2.26. The topological polar surface area (TPSA) is 34.9 Å². The average Bonchev–Trinajstić information content (AvgIpc) is 3.03. The lowest BCUT2D eigenvalue weighted by atomic mass is 10.1. The van der Waals surface area contributed by atoms with Gasteiger partial charge in [0.2, 0.25) is 5.78 Å². The summed E-state index contributed by atoms with van der Waals surface area (Å²) in [6.07, 6.45) is 0. The van der Waals surface area contributed by atoms with Crippen molar-refractivity contribution < 1.29 is 4.79 Å². The second-order valence-corrected chi connectivity index (χ2v) is 5.38. The standard InChI is InChI=1S/C15H14N2OS/c1-3-17-13(9-10(2)16-17)14(18)12-6-4-5-11-7-8-19-15(11)12/h4-9H,3H2,1-2H3. The van der Waals surface area contributed by atoms with E-state index in [0.717, 1.165) is 21.3 Å². The summed E-state index contributed by atoms with van der Waals surface area (Å²) in [5.74, 6) is 0.0514. The van der Waals surface area contributed by atoms with Crippen LogP contribution in [0, 0.1) is 6.92 Å². The van der Waals surface area contributed by atoms with Gasteiger partial charge >= 0.3 is 0 Å². The first-order valence-corrected chi connectivity index (χ1v) is 7.14. The number of fused-ring (bicyclic) bond motifs is 1. The van der Waals surface area contributed by atoms with E-state index in [-0.39, 0.29) is 5.78 Å². The first-order chi connectivity index (χ1) is 9.20. The summed E-state index contributed by atoms with van der Waals surface area (Å²) in [7, 11) is 0. The number of hydrogen-bond acceptors (Lipinski definition) is 3. The Morgan fingerprint density at radius 1 is 1.37 bits per heavy atom. The van der Waals surface area contributed by atoms with Gasteiger partial charge in [-0.05, 0) is 42.8 Å². The summed E-state index contributed by atoms with van der Waals surface area (Å²) in [6, 6.07) is 9.76. The quantitative estimate of drug-likeness (QED) is 0.681. The minimum atomic E-state index is 0.0514. The SMILES string of the molecule is CCn1nc(C)cc1C(=O)c1cccc2ccsc12. The van der Waals surface area contributed by atoms with Crippen molar-refractivity contribution in [3.8, 4) is 0 Å². The van der Waals surface area contributed by atoms with Gasteiger partial charge in [0.15, 0.2) is 0 Å². The normalized spacial score (nSPS) is 11.1. The van der Waals surface area contributed by atoms with Crippen molar-refractivity contribution in [3.63, 3.8) is 0 Å². The first kappa shape index (κ1) is 12.1. The average molecular weight is 270 g/mol. The summed E-state index contributed by atoms with van der Waals surface area (Å²) in [4.78, 5) is 12.7. The zero-order valence-corrected chi connectivity index (χ0v) is 11.7. The third kappa shape index (κ3) is 1.98. The lowest BCUT2D eigenvalue weighted by molar-refractivity contribution is 0.103. The van der Waals surface area contributed by atoms with Crippen LogP contribution in [0.2, 0.25) is 0 Å². The monoisotopic (exact) mass is 270 g/mol. The molecule has 1 aromatic carbocycles. The van der Waals surface area contributed by atoms with Gasteiger partial charge in [-0.15, -0.1) is 11.3 Å². The molecule has 19 heavy (non-hydrogen) atoms. The maximum atomic E-state index is 12.7. The molecule has 2 aromatic heterocycles. The Kier molecular flexibility index (Phi) is 2.95. The van der Waals surface area contributed by atoms with Gasteiger partial charge in [-0.1, -0.05) is 12.1 Å². The van der Waals surface area contributed by atoms with E-state index >= 15 is 0 Å². The van der Waals surface area contributed by atoms with Crippen molar-refractivity contribution in [2.45, 2.75) is 20.4 Å². The Balaban J connectivity index is 2.16. The Bertz CT molecular complexity index is 754. The molecule has 0 bridgehead atoms. The fraction of sp³-hybridized carbons (Fsp3) is 0.200. The molecule has 0 aliphatic rings. The second-order valence-electron chi connectivity index (χ2n) is 4.46. The molecule has 4 heteroatoms. The third-order valence-electron chi connectivity index (χ3n) is 3.16. The molecule has 3 rings (SSSR count). The zero-order chi connectivity index (χ0) is 13.4. The number of thiophene rings is 1. The van der Waals surface area contributed by atoms with E-state index in [9.17, 15) is 4.79 Å². The van der Waals surface area contributed by atoms with E-state index in [0.29, 0.717) is 12.2 Å². The van der Waals surface area contributed by atoms with Gasteiger partial charge in [0, 0.05) is 16.8 Å². The molecule has 0 saturated carbocycles. The Labute approximate surface area is 115 Å². The summed E-state index contributed by atoms with van der Waals surface area (Å²) >= 11 is 1.61. The van der Waals surface area contributed by atoms with Gasteiger partial charge in [0.25, 0.3) is 0 Å². The summed E-state index contributed by atoms with van der Waals surface area (Å²) < 4.78 is 2.82. The van der Waals surface area contributed by atoms with Crippen molar-refractivity contribution >= 4 is 27.2 Å². The second kappa shape index (κ2) is 4.63. The number of aromatic nitrogens is 2. The maximum Gasteiger partial charge on any atom is 0.212 e.